The van der Waals surface area contributed by atoms with E-state index in [-0.39, 0.29) is 17.7 Å². The van der Waals surface area contributed by atoms with Gasteiger partial charge in [-0.15, -0.1) is 0 Å². The van der Waals surface area contributed by atoms with Crippen LogP contribution in [-0.2, 0) is 16.1 Å². The summed E-state index contributed by atoms with van der Waals surface area (Å²) in [6.07, 6.45) is 1.77. The van der Waals surface area contributed by atoms with E-state index in [1.165, 1.54) is 23.0 Å². The molecule has 11 heteroatoms. The molecular weight excluding hydrogens is 664 g/mol. The van der Waals surface area contributed by atoms with Gasteiger partial charge in [0.25, 0.3) is 5.56 Å². The lowest BCUT2D eigenvalue weighted by Crippen LogP contribution is -2.40. The summed E-state index contributed by atoms with van der Waals surface area (Å²) in [7, 11) is 4.64. The Balaban J connectivity index is 1.49. The van der Waals surface area contributed by atoms with Crippen LogP contribution < -0.4 is 33.8 Å². The predicted octanol–water partition coefficient (Wildman–Crippen LogP) is 6.19. The van der Waals surface area contributed by atoms with Crippen LogP contribution in [0.4, 0.5) is 0 Å². The molecule has 0 saturated heterocycles. The minimum absolute atomic E-state index is 0.147. The van der Waals surface area contributed by atoms with Gasteiger partial charge < -0.3 is 23.7 Å². The largest absolute Gasteiger partial charge is 0.493 e. The molecule has 0 saturated carbocycles. The quantitative estimate of drug-likeness (QED) is 0.152. The first kappa shape index (κ1) is 33.6. The lowest BCUT2D eigenvalue weighted by atomic mass is 9.93. The van der Waals surface area contributed by atoms with E-state index in [2.05, 4.69) is 0 Å². The van der Waals surface area contributed by atoms with Crippen molar-refractivity contribution in [3.8, 4) is 23.0 Å². The van der Waals surface area contributed by atoms with Gasteiger partial charge in [-0.3, -0.25) is 9.36 Å². The van der Waals surface area contributed by atoms with Crippen LogP contribution in [0.2, 0.25) is 5.02 Å². The van der Waals surface area contributed by atoms with Gasteiger partial charge in [-0.1, -0.05) is 77.5 Å². The first-order valence-electron chi connectivity index (χ1n) is 15.4. The van der Waals surface area contributed by atoms with Gasteiger partial charge in [-0.25, -0.2) is 9.79 Å². The molecular formula is C38H33ClN2O7S. The zero-order chi connectivity index (χ0) is 34.5. The molecule has 0 amide bonds. The number of halogens is 1. The van der Waals surface area contributed by atoms with Gasteiger partial charge in [-0.05, 0) is 66.1 Å². The molecule has 4 aromatic carbocycles. The number of hydrogen-bond acceptors (Lipinski definition) is 9. The van der Waals surface area contributed by atoms with E-state index in [1.54, 1.807) is 57.6 Å². The van der Waals surface area contributed by atoms with Crippen LogP contribution in [0.25, 0.3) is 11.8 Å². The maximum atomic E-state index is 14.3. The molecule has 0 radical (unpaired) electrons. The fourth-order valence-electron chi connectivity index (χ4n) is 5.61. The van der Waals surface area contributed by atoms with Crippen LogP contribution in [0.3, 0.4) is 0 Å². The minimum atomic E-state index is -0.871. The summed E-state index contributed by atoms with van der Waals surface area (Å²) in [5.74, 6) is 1.44. The van der Waals surface area contributed by atoms with E-state index < -0.39 is 12.0 Å². The van der Waals surface area contributed by atoms with Crippen molar-refractivity contribution in [3.63, 3.8) is 0 Å². The molecule has 9 nitrogen and oxygen atoms in total. The Morgan fingerprint density at radius 1 is 0.878 bits per heavy atom. The Morgan fingerprint density at radius 2 is 1.61 bits per heavy atom. The highest BCUT2D eigenvalue weighted by Crippen LogP contribution is 2.38. The van der Waals surface area contributed by atoms with Crippen molar-refractivity contribution in [1.29, 1.82) is 0 Å². The number of rotatable bonds is 11. The van der Waals surface area contributed by atoms with E-state index in [9.17, 15) is 9.59 Å². The van der Waals surface area contributed by atoms with E-state index in [4.69, 9.17) is 40.3 Å². The smallest absolute Gasteiger partial charge is 0.338 e. The lowest BCUT2D eigenvalue weighted by molar-refractivity contribution is -0.138. The number of carbonyl (C=O) groups excluding carboxylic acids is 1. The van der Waals surface area contributed by atoms with Gasteiger partial charge in [0.1, 0.15) is 6.61 Å². The Kier molecular flexibility index (Phi) is 10.2. The molecule has 1 aromatic heterocycles. The average Bonchev–Trinajstić information content (AvgIpc) is 3.44. The van der Waals surface area contributed by atoms with Crippen molar-refractivity contribution in [2.24, 2.45) is 4.99 Å². The summed E-state index contributed by atoms with van der Waals surface area (Å²) in [5.41, 5.74) is 3.31. The fraction of sp³-hybridized carbons (Fsp3) is 0.184. The maximum absolute atomic E-state index is 14.3. The molecule has 0 unspecified atom stereocenters. The summed E-state index contributed by atoms with van der Waals surface area (Å²) in [6.45, 7) is 2.19. The lowest BCUT2D eigenvalue weighted by Gasteiger charge is -2.26. The van der Waals surface area contributed by atoms with Crippen molar-refractivity contribution >= 4 is 40.7 Å². The molecule has 0 bridgehead atoms. The number of hydrogen-bond donors (Lipinski definition) is 0. The first-order valence-corrected chi connectivity index (χ1v) is 16.6. The highest BCUT2D eigenvalue weighted by molar-refractivity contribution is 7.07. The molecule has 0 fully saturated rings. The SMILES string of the molecule is CCOC(=O)C1=C(c2ccccc2)N=c2s/c(=C\c3ccc(OCc4cccc(Cl)c4)c(OC)c3)c(=O)n2[C@H]1c1ccc(OC)c(OC)c1. The highest BCUT2D eigenvalue weighted by Gasteiger charge is 2.35. The van der Waals surface area contributed by atoms with E-state index >= 15 is 0 Å². The Morgan fingerprint density at radius 3 is 2.33 bits per heavy atom. The minimum Gasteiger partial charge on any atom is -0.493 e. The molecule has 250 valence electrons. The van der Waals surface area contributed by atoms with Gasteiger partial charge in [0.05, 0.1) is 49.8 Å². The van der Waals surface area contributed by atoms with Crippen molar-refractivity contribution in [1.82, 2.24) is 4.57 Å². The second-order valence-electron chi connectivity index (χ2n) is 10.9. The monoisotopic (exact) mass is 696 g/mol. The Hall–Kier alpha value is -5.32. The number of aromatic nitrogens is 1. The van der Waals surface area contributed by atoms with Gasteiger partial charge in [-0.2, -0.15) is 0 Å². The van der Waals surface area contributed by atoms with Crippen LogP contribution in [0.15, 0.2) is 106 Å². The highest BCUT2D eigenvalue weighted by atomic mass is 35.5. The van der Waals surface area contributed by atoms with Crippen LogP contribution in [0.1, 0.15) is 35.2 Å². The summed E-state index contributed by atoms with van der Waals surface area (Å²) in [6, 6.07) is 26.7. The zero-order valence-corrected chi connectivity index (χ0v) is 28.8. The second kappa shape index (κ2) is 14.8. The van der Waals surface area contributed by atoms with Crippen LogP contribution in [0, 0.1) is 0 Å². The molecule has 1 aliphatic rings. The standard InChI is InChI=1S/C38H33ClN2O7S/c1-5-47-37(43)33-34(25-11-7-6-8-12-25)40-38-41(35(33)26-15-17-28(44-2)31(21-26)46-4)36(42)32(49-38)20-23-14-16-29(30(19-23)45-3)48-22-24-10-9-13-27(39)18-24/h6-21,35H,5,22H2,1-4H3/b32-20-/t35-/m0/s1. The van der Waals surface area contributed by atoms with Crippen LogP contribution in [0.5, 0.6) is 23.0 Å². The molecule has 0 aliphatic carbocycles. The topological polar surface area (TPSA) is 97.6 Å². The number of methoxy groups -OCH3 is 3. The molecule has 2 heterocycles. The third-order valence-corrected chi connectivity index (χ3v) is 9.08. The molecule has 1 atom stereocenters. The zero-order valence-electron chi connectivity index (χ0n) is 27.3. The normalized spacial score (nSPS) is 14.1. The summed E-state index contributed by atoms with van der Waals surface area (Å²) < 4.78 is 30.3. The molecule has 5 aromatic rings. The fourth-order valence-corrected chi connectivity index (χ4v) is 6.82. The molecule has 0 N–H and O–H groups in total. The van der Waals surface area contributed by atoms with E-state index in [1.807, 2.05) is 60.7 Å². The number of nitrogens with zero attached hydrogens (tertiary/aromatic N) is 2. The molecule has 0 spiro atoms. The van der Waals surface area contributed by atoms with Crippen LogP contribution in [-0.4, -0.2) is 38.5 Å². The van der Waals surface area contributed by atoms with E-state index in [0.717, 1.165) is 5.56 Å². The predicted molar refractivity (Wildman–Crippen MR) is 189 cm³/mol. The summed E-state index contributed by atoms with van der Waals surface area (Å²) >= 11 is 7.35. The number of esters is 1. The number of fused-ring (bicyclic) bond motifs is 1. The molecule has 6 rings (SSSR count). The summed E-state index contributed by atoms with van der Waals surface area (Å²) in [4.78, 5) is 33.5. The summed E-state index contributed by atoms with van der Waals surface area (Å²) in [5, 5.41) is 0.628. The third kappa shape index (κ3) is 6.97. The average molecular weight is 697 g/mol. The second-order valence-corrected chi connectivity index (χ2v) is 12.3. The van der Waals surface area contributed by atoms with Crippen molar-refractivity contribution in [3.05, 3.63) is 144 Å². The van der Waals surface area contributed by atoms with Gasteiger partial charge >= 0.3 is 5.97 Å². The Labute approximate surface area is 291 Å². The number of carbonyl (C=O) groups is 1. The van der Waals surface area contributed by atoms with Crippen molar-refractivity contribution < 1.29 is 28.5 Å². The number of thiazole rings is 1. The van der Waals surface area contributed by atoms with Crippen LogP contribution >= 0.6 is 22.9 Å². The first-order chi connectivity index (χ1) is 23.8. The molecule has 49 heavy (non-hydrogen) atoms. The Bertz CT molecular complexity index is 2230. The van der Waals surface area contributed by atoms with E-state index in [0.29, 0.717) is 66.3 Å². The van der Waals surface area contributed by atoms with Gasteiger partial charge in [0, 0.05) is 10.6 Å². The van der Waals surface area contributed by atoms with Crippen molar-refractivity contribution in [2.45, 2.75) is 19.6 Å². The number of ether oxygens (including phenoxy) is 5. The van der Waals surface area contributed by atoms with Crippen molar-refractivity contribution in [2.75, 3.05) is 27.9 Å². The maximum Gasteiger partial charge on any atom is 0.338 e. The third-order valence-electron chi connectivity index (χ3n) is 7.87. The van der Waals surface area contributed by atoms with Gasteiger partial charge in [0.2, 0.25) is 0 Å². The molecule has 1 aliphatic heterocycles. The number of benzene rings is 4. The van der Waals surface area contributed by atoms with Gasteiger partial charge in [0.15, 0.2) is 27.8 Å².